The van der Waals surface area contributed by atoms with Gasteiger partial charge in [-0.1, -0.05) is 24.3 Å². The lowest BCUT2D eigenvalue weighted by Gasteiger charge is -2.13. The Balaban J connectivity index is 1.64. The molecular formula is C24H22O5. The van der Waals surface area contributed by atoms with Crippen LogP contribution in [0.15, 0.2) is 78.9 Å². The first kappa shape index (κ1) is 20.1. The third kappa shape index (κ3) is 5.45. The first-order valence-electron chi connectivity index (χ1n) is 9.38. The average Bonchev–Trinajstić information content (AvgIpc) is 2.75. The lowest BCUT2D eigenvalue weighted by Crippen LogP contribution is -2.24. The Hall–Kier alpha value is -3.60. The molecule has 0 bridgehead atoms. The van der Waals surface area contributed by atoms with E-state index in [1.165, 1.54) is 0 Å². The van der Waals surface area contributed by atoms with Crippen LogP contribution in [0.2, 0.25) is 0 Å². The Kier molecular flexibility index (Phi) is 6.63. The quantitative estimate of drug-likeness (QED) is 0.385. The van der Waals surface area contributed by atoms with Gasteiger partial charge in [0.1, 0.15) is 17.2 Å². The van der Waals surface area contributed by atoms with Crippen molar-refractivity contribution >= 4 is 11.8 Å². The summed E-state index contributed by atoms with van der Waals surface area (Å²) in [4.78, 5) is 25.0. The Morgan fingerprint density at radius 3 is 2.17 bits per heavy atom. The minimum absolute atomic E-state index is 0.280. The SMILES string of the molecule is CCOc1ccc(C(=O)[C@H](C)OC(=O)c2cccc(Oc3ccccc3)c2)cc1. The summed E-state index contributed by atoms with van der Waals surface area (Å²) in [5.41, 5.74) is 0.764. The van der Waals surface area contributed by atoms with Crippen molar-refractivity contribution in [1.29, 1.82) is 0 Å². The molecule has 5 nitrogen and oxygen atoms in total. The van der Waals surface area contributed by atoms with Crippen LogP contribution < -0.4 is 9.47 Å². The Morgan fingerprint density at radius 1 is 0.793 bits per heavy atom. The number of Topliss-reactive ketones (excluding diaryl/α,β-unsaturated/α-hetero) is 1. The molecule has 3 aromatic rings. The summed E-state index contributed by atoms with van der Waals surface area (Å²) in [6.07, 6.45) is -0.917. The maximum absolute atomic E-state index is 12.5. The number of carbonyl (C=O) groups excluding carboxylic acids is 2. The zero-order valence-electron chi connectivity index (χ0n) is 16.3. The molecule has 0 fully saturated rings. The molecule has 0 N–H and O–H groups in total. The van der Waals surface area contributed by atoms with E-state index in [1.807, 2.05) is 37.3 Å². The first-order valence-corrected chi connectivity index (χ1v) is 9.38. The maximum Gasteiger partial charge on any atom is 0.338 e. The van der Waals surface area contributed by atoms with Crippen LogP contribution in [0.4, 0.5) is 0 Å². The molecular weight excluding hydrogens is 368 g/mol. The minimum atomic E-state index is -0.917. The third-order valence-corrected chi connectivity index (χ3v) is 4.15. The van der Waals surface area contributed by atoms with E-state index >= 15 is 0 Å². The molecule has 0 heterocycles. The van der Waals surface area contributed by atoms with Crippen molar-refractivity contribution in [2.24, 2.45) is 0 Å². The lowest BCUT2D eigenvalue weighted by atomic mass is 10.1. The topological polar surface area (TPSA) is 61.8 Å². The average molecular weight is 390 g/mol. The molecule has 148 valence electrons. The Bertz CT molecular complexity index is 964. The summed E-state index contributed by atoms with van der Waals surface area (Å²) in [5.74, 6) is 0.991. The summed E-state index contributed by atoms with van der Waals surface area (Å²) in [7, 11) is 0. The predicted octanol–water partition coefficient (Wildman–Crippen LogP) is 5.31. The van der Waals surface area contributed by atoms with E-state index in [0.29, 0.717) is 35.0 Å². The predicted molar refractivity (Wildman–Crippen MR) is 110 cm³/mol. The molecule has 0 saturated heterocycles. The second-order valence-corrected chi connectivity index (χ2v) is 6.31. The molecule has 1 atom stereocenters. The summed E-state index contributed by atoms with van der Waals surface area (Å²) in [6, 6.07) is 22.7. The van der Waals surface area contributed by atoms with Crippen LogP contribution in [0.5, 0.6) is 17.2 Å². The molecule has 0 amide bonds. The van der Waals surface area contributed by atoms with Gasteiger partial charge in [0.15, 0.2) is 6.10 Å². The maximum atomic E-state index is 12.5. The molecule has 0 aromatic heterocycles. The zero-order chi connectivity index (χ0) is 20.6. The van der Waals surface area contributed by atoms with Crippen LogP contribution in [-0.4, -0.2) is 24.5 Å². The van der Waals surface area contributed by atoms with Crippen LogP contribution in [0.1, 0.15) is 34.6 Å². The number of ether oxygens (including phenoxy) is 3. The Morgan fingerprint density at radius 2 is 1.48 bits per heavy atom. The van der Waals surface area contributed by atoms with Gasteiger partial charge in [0.25, 0.3) is 0 Å². The van der Waals surface area contributed by atoms with Crippen molar-refractivity contribution in [3.05, 3.63) is 90.0 Å². The van der Waals surface area contributed by atoms with Crippen LogP contribution in [0.25, 0.3) is 0 Å². The highest BCUT2D eigenvalue weighted by molar-refractivity contribution is 6.01. The summed E-state index contributed by atoms with van der Waals surface area (Å²) >= 11 is 0. The van der Waals surface area contributed by atoms with Crippen molar-refractivity contribution in [2.75, 3.05) is 6.61 Å². The fraction of sp³-hybridized carbons (Fsp3) is 0.167. The fourth-order valence-electron chi connectivity index (χ4n) is 2.71. The molecule has 0 radical (unpaired) electrons. The van der Waals surface area contributed by atoms with E-state index in [2.05, 4.69) is 0 Å². The highest BCUT2D eigenvalue weighted by Crippen LogP contribution is 2.22. The van der Waals surface area contributed by atoms with Crippen molar-refractivity contribution in [3.8, 4) is 17.2 Å². The van der Waals surface area contributed by atoms with Crippen molar-refractivity contribution in [1.82, 2.24) is 0 Å². The van der Waals surface area contributed by atoms with E-state index in [4.69, 9.17) is 14.2 Å². The molecule has 0 unspecified atom stereocenters. The van der Waals surface area contributed by atoms with Crippen molar-refractivity contribution in [2.45, 2.75) is 20.0 Å². The van der Waals surface area contributed by atoms with Gasteiger partial charge in [-0.25, -0.2) is 4.79 Å². The number of carbonyl (C=O) groups is 2. The van der Waals surface area contributed by atoms with Crippen LogP contribution in [0.3, 0.4) is 0 Å². The molecule has 5 heteroatoms. The first-order chi connectivity index (χ1) is 14.1. The smallest absolute Gasteiger partial charge is 0.338 e. The van der Waals surface area contributed by atoms with E-state index in [0.717, 1.165) is 0 Å². The molecule has 29 heavy (non-hydrogen) atoms. The van der Waals surface area contributed by atoms with Crippen LogP contribution >= 0.6 is 0 Å². The number of hydrogen-bond acceptors (Lipinski definition) is 5. The number of esters is 1. The fourth-order valence-corrected chi connectivity index (χ4v) is 2.71. The second kappa shape index (κ2) is 9.55. The van der Waals surface area contributed by atoms with Gasteiger partial charge in [0, 0.05) is 5.56 Å². The number of benzene rings is 3. The number of rotatable bonds is 8. The van der Waals surface area contributed by atoms with Gasteiger partial charge in [-0.05, 0) is 68.4 Å². The summed E-state index contributed by atoms with van der Waals surface area (Å²) in [6.45, 7) is 4.00. The van der Waals surface area contributed by atoms with Gasteiger partial charge in [-0.15, -0.1) is 0 Å². The van der Waals surface area contributed by atoms with E-state index in [9.17, 15) is 9.59 Å². The lowest BCUT2D eigenvalue weighted by molar-refractivity contribution is 0.0318. The molecule has 0 aliphatic heterocycles. The van der Waals surface area contributed by atoms with Crippen molar-refractivity contribution < 1.29 is 23.8 Å². The van der Waals surface area contributed by atoms with Gasteiger partial charge in [-0.3, -0.25) is 4.79 Å². The molecule has 0 aliphatic rings. The molecule has 0 saturated carbocycles. The summed E-state index contributed by atoms with van der Waals surface area (Å²) < 4.78 is 16.5. The van der Waals surface area contributed by atoms with Gasteiger partial charge in [0.2, 0.25) is 5.78 Å². The summed E-state index contributed by atoms with van der Waals surface area (Å²) in [5, 5.41) is 0. The molecule has 3 aromatic carbocycles. The van der Waals surface area contributed by atoms with Gasteiger partial charge in [0.05, 0.1) is 12.2 Å². The Labute approximate surface area is 169 Å². The highest BCUT2D eigenvalue weighted by atomic mass is 16.5. The van der Waals surface area contributed by atoms with E-state index < -0.39 is 12.1 Å². The molecule has 3 rings (SSSR count). The third-order valence-electron chi connectivity index (χ3n) is 4.15. The minimum Gasteiger partial charge on any atom is -0.494 e. The van der Waals surface area contributed by atoms with Gasteiger partial charge < -0.3 is 14.2 Å². The monoisotopic (exact) mass is 390 g/mol. The second-order valence-electron chi connectivity index (χ2n) is 6.31. The number of para-hydroxylation sites is 1. The van der Waals surface area contributed by atoms with E-state index in [1.54, 1.807) is 55.5 Å². The zero-order valence-corrected chi connectivity index (χ0v) is 16.3. The van der Waals surface area contributed by atoms with Gasteiger partial charge in [-0.2, -0.15) is 0 Å². The highest BCUT2D eigenvalue weighted by Gasteiger charge is 2.21. The van der Waals surface area contributed by atoms with Crippen LogP contribution in [-0.2, 0) is 4.74 Å². The normalized spacial score (nSPS) is 11.4. The molecule has 0 spiro atoms. The van der Waals surface area contributed by atoms with E-state index in [-0.39, 0.29) is 5.78 Å². The van der Waals surface area contributed by atoms with Crippen LogP contribution in [0, 0.1) is 0 Å². The largest absolute Gasteiger partial charge is 0.494 e. The van der Waals surface area contributed by atoms with Gasteiger partial charge >= 0.3 is 5.97 Å². The molecule has 0 aliphatic carbocycles. The standard InChI is InChI=1S/C24H22O5/c1-3-27-20-14-12-18(13-15-20)23(25)17(2)28-24(26)19-8-7-11-22(16-19)29-21-9-5-4-6-10-21/h4-17H,3H2,1-2H3/t17-/m0/s1. The number of ketones is 1. The van der Waals surface area contributed by atoms with Crippen molar-refractivity contribution in [3.63, 3.8) is 0 Å². The number of hydrogen-bond donors (Lipinski definition) is 0.